The zero-order chi connectivity index (χ0) is 14.9. The number of ether oxygens (including phenoxy) is 1. The molecule has 1 atom stereocenters. The molecular weight excluding hydrogens is 268 g/mol. The van der Waals surface area contributed by atoms with E-state index in [2.05, 4.69) is 6.58 Å². The molecule has 0 radical (unpaired) electrons. The summed E-state index contributed by atoms with van der Waals surface area (Å²) in [5.41, 5.74) is 0.366. The Morgan fingerprint density at radius 2 is 1.79 bits per heavy atom. The Morgan fingerprint density at radius 1 is 1.26 bits per heavy atom. The summed E-state index contributed by atoms with van der Waals surface area (Å²) in [7, 11) is 1.75. The van der Waals surface area contributed by atoms with Crippen molar-refractivity contribution in [2.75, 3.05) is 27.9 Å². The maximum atomic E-state index is 11.1. The number of carbonyl (C=O) groups is 1. The van der Waals surface area contributed by atoms with Crippen LogP contribution >= 0.6 is 0 Å². The van der Waals surface area contributed by atoms with E-state index in [1.54, 1.807) is 6.92 Å². The van der Waals surface area contributed by atoms with E-state index in [4.69, 9.17) is 18.0 Å². The summed E-state index contributed by atoms with van der Waals surface area (Å²) < 4.78 is 20.6. The van der Waals surface area contributed by atoms with Gasteiger partial charge in [-0.1, -0.05) is 6.58 Å². The second-order valence-electron chi connectivity index (χ2n) is 4.21. The Morgan fingerprint density at radius 3 is 2.21 bits per heavy atom. The molecule has 0 aliphatic heterocycles. The van der Waals surface area contributed by atoms with Gasteiger partial charge in [-0.3, -0.25) is 0 Å². The summed E-state index contributed by atoms with van der Waals surface area (Å²) in [6, 6.07) is 0.310. The molecule has 0 aromatic rings. The van der Waals surface area contributed by atoms with Gasteiger partial charge >= 0.3 is 14.8 Å². The lowest BCUT2D eigenvalue weighted by atomic mass is 10.2. The number of hydrogen-bond donors (Lipinski definition) is 1. The zero-order valence-corrected chi connectivity index (χ0v) is 13.1. The minimum atomic E-state index is -2.75. The third kappa shape index (κ3) is 6.83. The van der Waals surface area contributed by atoms with Crippen LogP contribution in [0.4, 0.5) is 0 Å². The SMILES string of the molecule is C=C(C)C(=O)OCCCC(O)C[Si](OC)(OC)OC. The van der Waals surface area contributed by atoms with E-state index in [-0.39, 0.29) is 6.61 Å². The van der Waals surface area contributed by atoms with Crippen LogP contribution in [0.2, 0.25) is 6.04 Å². The van der Waals surface area contributed by atoms with E-state index in [1.807, 2.05) is 0 Å². The first-order valence-corrected chi connectivity index (χ1v) is 8.00. The Kier molecular flexibility index (Phi) is 8.86. The minimum absolute atomic E-state index is 0.254. The van der Waals surface area contributed by atoms with E-state index in [9.17, 15) is 9.90 Å². The second kappa shape index (κ2) is 9.22. The van der Waals surface area contributed by atoms with Crippen LogP contribution in [0.25, 0.3) is 0 Å². The first-order valence-electron chi connectivity index (χ1n) is 6.07. The number of hydrogen-bond acceptors (Lipinski definition) is 6. The molecule has 0 saturated carbocycles. The lowest BCUT2D eigenvalue weighted by Crippen LogP contribution is -2.45. The molecule has 0 heterocycles. The number of aliphatic hydroxyl groups is 1. The van der Waals surface area contributed by atoms with E-state index in [1.165, 1.54) is 21.3 Å². The average Bonchev–Trinajstić information content (AvgIpc) is 2.40. The van der Waals surface area contributed by atoms with Gasteiger partial charge in [-0.2, -0.15) is 0 Å². The van der Waals surface area contributed by atoms with E-state index >= 15 is 0 Å². The summed E-state index contributed by atoms with van der Waals surface area (Å²) in [4.78, 5) is 11.1. The van der Waals surface area contributed by atoms with Crippen LogP contribution in [-0.2, 0) is 22.8 Å². The van der Waals surface area contributed by atoms with Crippen molar-refractivity contribution in [3.05, 3.63) is 12.2 Å². The van der Waals surface area contributed by atoms with Crippen LogP contribution in [0, 0.1) is 0 Å². The molecule has 0 amide bonds. The van der Waals surface area contributed by atoms with Gasteiger partial charge in [-0.25, -0.2) is 4.79 Å². The highest BCUT2D eigenvalue weighted by molar-refractivity contribution is 6.60. The quantitative estimate of drug-likeness (QED) is 0.281. The lowest BCUT2D eigenvalue weighted by molar-refractivity contribution is -0.139. The van der Waals surface area contributed by atoms with Gasteiger partial charge < -0.3 is 23.1 Å². The predicted octanol–water partition coefficient (Wildman–Crippen LogP) is 1.12. The molecule has 0 aromatic heterocycles. The van der Waals surface area contributed by atoms with Crippen molar-refractivity contribution >= 4 is 14.8 Å². The van der Waals surface area contributed by atoms with Crippen molar-refractivity contribution in [3.63, 3.8) is 0 Å². The molecule has 0 aromatic carbocycles. The van der Waals surface area contributed by atoms with Crippen LogP contribution in [0.15, 0.2) is 12.2 Å². The van der Waals surface area contributed by atoms with Gasteiger partial charge in [0.25, 0.3) is 0 Å². The van der Waals surface area contributed by atoms with Crippen molar-refractivity contribution in [1.82, 2.24) is 0 Å². The number of esters is 1. The second-order valence-corrected chi connectivity index (χ2v) is 7.21. The van der Waals surface area contributed by atoms with Crippen molar-refractivity contribution < 1.29 is 27.9 Å². The molecule has 0 rings (SSSR count). The molecular formula is C12H24O6Si. The smallest absolute Gasteiger partial charge is 0.462 e. The summed E-state index contributed by atoms with van der Waals surface area (Å²) in [5, 5.41) is 9.89. The molecule has 1 unspecified atom stereocenters. The van der Waals surface area contributed by atoms with Crippen LogP contribution in [0.3, 0.4) is 0 Å². The fourth-order valence-electron chi connectivity index (χ4n) is 1.50. The molecule has 6 nitrogen and oxygen atoms in total. The third-order valence-corrected chi connectivity index (χ3v) is 5.52. The van der Waals surface area contributed by atoms with E-state index in [0.717, 1.165) is 0 Å². The van der Waals surface area contributed by atoms with Crippen LogP contribution in [0.1, 0.15) is 19.8 Å². The summed E-state index contributed by atoms with van der Waals surface area (Å²) in [5.74, 6) is -0.413. The van der Waals surface area contributed by atoms with Gasteiger partial charge in [-0.15, -0.1) is 0 Å². The van der Waals surface area contributed by atoms with Crippen LogP contribution in [-0.4, -0.2) is 53.9 Å². The molecule has 7 heteroatoms. The Hall–Kier alpha value is -0.733. The molecule has 112 valence electrons. The van der Waals surface area contributed by atoms with Gasteiger partial charge in [0.15, 0.2) is 0 Å². The van der Waals surface area contributed by atoms with Gasteiger partial charge in [-0.05, 0) is 19.8 Å². The van der Waals surface area contributed by atoms with Crippen LogP contribution < -0.4 is 0 Å². The molecule has 0 fully saturated rings. The first kappa shape index (κ1) is 18.3. The van der Waals surface area contributed by atoms with Gasteiger partial charge in [0, 0.05) is 32.9 Å². The highest BCUT2D eigenvalue weighted by Crippen LogP contribution is 2.17. The van der Waals surface area contributed by atoms with Gasteiger partial charge in [0.2, 0.25) is 0 Å². The lowest BCUT2D eigenvalue weighted by Gasteiger charge is -2.26. The van der Waals surface area contributed by atoms with Gasteiger partial charge in [0.05, 0.1) is 12.7 Å². The molecule has 19 heavy (non-hydrogen) atoms. The van der Waals surface area contributed by atoms with E-state index in [0.29, 0.717) is 24.5 Å². The Balaban J connectivity index is 3.95. The Bertz CT molecular complexity index is 282. The predicted molar refractivity (Wildman–Crippen MR) is 72.6 cm³/mol. The molecule has 0 aliphatic carbocycles. The molecule has 1 N–H and O–H groups in total. The standard InChI is InChI=1S/C12H24O6Si/c1-10(2)12(14)18-8-6-7-11(13)9-19(15-3,16-4)17-5/h11,13H,1,6-9H2,2-5H3. The molecule has 0 aliphatic rings. The minimum Gasteiger partial charge on any atom is -0.462 e. The van der Waals surface area contributed by atoms with Gasteiger partial charge in [0.1, 0.15) is 0 Å². The fourth-order valence-corrected chi connectivity index (χ4v) is 3.28. The third-order valence-electron chi connectivity index (χ3n) is 2.68. The summed E-state index contributed by atoms with van der Waals surface area (Å²) in [6.07, 6.45) is 0.422. The van der Waals surface area contributed by atoms with Crippen LogP contribution in [0.5, 0.6) is 0 Å². The maximum Gasteiger partial charge on any atom is 0.502 e. The largest absolute Gasteiger partial charge is 0.502 e. The van der Waals surface area contributed by atoms with Crippen molar-refractivity contribution in [2.45, 2.75) is 31.9 Å². The monoisotopic (exact) mass is 292 g/mol. The highest BCUT2D eigenvalue weighted by atomic mass is 28.4. The molecule has 0 saturated heterocycles. The zero-order valence-electron chi connectivity index (χ0n) is 12.1. The number of carbonyl (C=O) groups excluding carboxylic acids is 1. The number of rotatable bonds is 10. The van der Waals surface area contributed by atoms with E-state index < -0.39 is 20.9 Å². The van der Waals surface area contributed by atoms with Crippen molar-refractivity contribution in [3.8, 4) is 0 Å². The summed E-state index contributed by atoms with van der Waals surface area (Å²) in [6.45, 7) is 5.33. The topological polar surface area (TPSA) is 74.2 Å². The highest BCUT2D eigenvalue weighted by Gasteiger charge is 2.39. The Labute approximate surface area is 115 Å². The first-order chi connectivity index (χ1) is 8.90. The average molecular weight is 292 g/mol. The fraction of sp³-hybridized carbons (Fsp3) is 0.750. The molecule has 0 bridgehead atoms. The maximum absolute atomic E-state index is 11.1. The molecule has 0 spiro atoms. The summed E-state index contributed by atoms with van der Waals surface area (Å²) >= 11 is 0. The van der Waals surface area contributed by atoms with Crippen molar-refractivity contribution in [1.29, 1.82) is 0 Å². The van der Waals surface area contributed by atoms with Crippen molar-refractivity contribution in [2.24, 2.45) is 0 Å². The normalized spacial score (nSPS) is 13.1. The number of aliphatic hydroxyl groups excluding tert-OH is 1.